The van der Waals surface area contributed by atoms with E-state index in [4.69, 9.17) is 9.84 Å². The van der Waals surface area contributed by atoms with E-state index in [1.807, 2.05) is 36.4 Å². The molecule has 0 fully saturated rings. The van der Waals surface area contributed by atoms with Gasteiger partial charge >= 0.3 is 5.97 Å². The zero-order valence-corrected chi connectivity index (χ0v) is 12.7. The van der Waals surface area contributed by atoms with E-state index in [0.717, 1.165) is 5.56 Å². The molecule has 2 rings (SSSR count). The minimum absolute atomic E-state index is 0.00630. The Hall–Kier alpha value is -2.82. The van der Waals surface area contributed by atoms with Crippen LogP contribution in [0.3, 0.4) is 0 Å². The summed E-state index contributed by atoms with van der Waals surface area (Å²) in [6.07, 6.45) is 0.500. The van der Waals surface area contributed by atoms with Crippen molar-refractivity contribution in [2.75, 3.05) is 5.32 Å². The first-order valence-electron chi connectivity index (χ1n) is 7.42. The minimum Gasteiger partial charge on any atom is -0.489 e. The number of benzene rings is 2. The van der Waals surface area contributed by atoms with Crippen molar-refractivity contribution in [3.63, 3.8) is 0 Å². The maximum atomic E-state index is 11.7. The van der Waals surface area contributed by atoms with E-state index < -0.39 is 5.97 Å². The fourth-order valence-electron chi connectivity index (χ4n) is 2.03. The van der Waals surface area contributed by atoms with Gasteiger partial charge < -0.3 is 15.2 Å². The van der Waals surface area contributed by atoms with Crippen molar-refractivity contribution in [1.29, 1.82) is 0 Å². The number of carbonyl (C=O) groups is 2. The van der Waals surface area contributed by atoms with Gasteiger partial charge in [-0.05, 0) is 24.1 Å². The highest BCUT2D eigenvalue weighted by Crippen LogP contribution is 2.19. The lowest BCUT2D eigenvalue weighted by Crippen LogP contribution is -2.11. The fourth-order valence-corrected chi connectivity index (χ4v) is 2.03. The third kappa shape index (κ3) is 6.22. The molecule has 0 aliphatic carbocycles. The zero-order chi connectivity index (χ0) is 16.5. The number of aliphatic carboxylic acids is 1. The Kier molecular flexibility index (Phi) is 6.17. The summed E-state index contributed by atoms with van der Waals surface area (Å²) >= 11 is 0. The predicted molar refractivity (Wildman–Crippen MR) is 87.3 cm³/mol. The van der Waals surface area contributed by atoms with Gasteiger partial charge in [0, 0.05) is 24.6 Å². The van der Waals surface area contributed by atoms with Gasteiger partial charge in [-0.3, -0.25) is 9.59 Å². The van der Waals surface area contributed by atoms with Crippen LogP contribution in [-0.4, -0.2) is 17.0 Å². The number of hydrogen-bond donors (Lipinski definition) is 2. The first kappa shape index (κ1) is 16.5. The van der Waals surface area contributed by atoms with E-state index in [1.165, 1.54) is 0 Å². The van der Waals surface area contributed by atoms with Crippen LogP contribution in [0, 0.1) is 0 Å². The van der Waals surface area contributed by atoms with Crippen molar-refractivity contribution in [2.24, 2.45) is 0 Å². The maximum Gasteiger partial charge on any atom is 0.303 e. The van der Waals surface area contributed by atoms with Crippen LogP contribution in [0.5, 0.6) is 5.75 Å². The molecule has 0 radical (unpaired) electrons. The van der Waals surface area contributed by atoms with Gasteiger partial charge in [0.15, 0.2) is 0 Å². The summed E-state index contributed by atoms with van der Waals surface area (Å²) in [5.74, 6) is -0.433. The Labute approximate surface area is 134 Å². The summed E-state index contributed by atoms with van der Waals surface area (Å²) in [6.45, 7) is 0.455. The lowest BCUT2D eigenvalue weighted by molar-refractivity contribution is -0.137. The smallest absolute Gasteiger partial charge is 0.303 e. The second-order valence-corrected chi connectivity index (χ2v) is 5.10. The van der Waals surface area contributed by atoms with Gasteiger partial charge in [0.25, 0.3) is 0 Å². The number of rotatable bonds is 8. The molecule has 2 N–H and O–H groups in total. The zero-order valence-electron chi connectivity index (χ0n) is 12.7. The molecule has 0 saturated carbocycles. The second kappa shape index (κ2) is 8.58. The molecule has 0 atom stereocenters. The van der Waals surface area contributed by atoms with Gasteiger partial charge in [-0.2, -0.15) is 0 Å². The van der Waals surface area contributed by atoms with Crippen LogP contribution in [-0.2, 0) is 16.2 Å². The Balaban J connectivity index is 1.84. The molecule has 0 heterocycles. The van der Waals surface area contributed by atoms with Crippen LogP contribution in [0.25, 0.3) is 0 Å². The number of amides is 1. The summed E-state index contributed by atoms with van der Waals surface area (Å²) in [4.78, 5) is 22.2. The number of carboxylic acids is 1. The second-order valence-electron chi connectivity index (χ2n) is 5.10. The maximum absolute atomic E-state index is 11.7. The lowest BCUT2D eigenvalue weighted by atomic mass is 10.2. The van der Waals surface area contributed by atoms with E-state index in [0.29, 0.717) is 24.5 Å². The van der Waals surface area contributed by atoms with Crippen molar-refractivity contribution in [3.8, 4) is 5.75 Å². The van der Waals surface area contributed by atoms with Gasteiger partial charge in [0.1, 0.15) is 12.4 Å². The molecule has 0 aliphatic rings. The highest BCUT2D eigenvalue weighted by molar-refractivity contribution is 5.91. The van der Waals surface area contributed by atoms with Gasteiger partial charge in [0.2, 0.25) is 5.91 Å². The van der Waals surface area contributed by atoms with Crippen molar-refractivity contribution < 1.29 is 19.4 Å². The quantitative estimate of drug-likeness (QED) is 0.782. The van der Waals surface area contributed by atoms with Crippen LogP contribution >= 0.6 is 0 Å². The number of hydrogen-bond acceptors (Lipinski definition) is 3. The molecule has 0 unspecified atom stereocenters. The van der Waals surface area contributed by atoms with Crippen molar-refractivity contribution in [1.82, 2.24) is 0 Å². The molecule has 5 nitrogen and oxygen atoms in total. The first-order chi connectivity index (χ1) is 11.1. The molecule has 1 amide bonds. The lowest BCUT2D eigenvalue weighted by Gasteiger charge is -2.09. The topological polar surface area (TPSA) is 75.6 Å². The number of anilines is 1. The van der Waals surface area contributed by atoms with Crippen LogP contribution in [0.2, 0.25) is 0 Å². The van der Waals surface area contributed by atoms with Crippen LogP contribution in [0.15, 0.2) is 54.6 Å². The molecule has 0 bridgehead atoms. The third-order valence-electron chi connectivity index (χ3n) is 3.16. The Bertz CT molecular complexity index is 655. The fraction of sp³-hybridized carbons (Fsp3) is 0.222. The van der Waals surface area contributed by atoms with E-state index in [2.05, 4.69) is 5.32 Å². The molecule has 0 aliphatic heterocycles. The third-order valence-corrected chi connectivity index (χ3v) is 3.16. The molecule has 120 valence electrons. The Morgan fingerprint density at radius 2 is 1.78 bits per heavy atom. The van der Waals surface area contributed by atoms with Gasteiger partial charge in [-0.1, -0.05) is 36.4 Å². The molecule has 23 heavy (non-hydrogen) atoms. The van der Waals surface area contributed by atoms with Gasteiger partial charge in [0.05, 0.1) is 0 Å². The van der Waals surface area contributed by atoms with Crippen LogP contribution < -0.4 is 10.1 Å². The summed E-state index contributed by atoms with van der Waals surface area (Å²) in [7, 11) is 0. The van der Waals surface area contributed by atoms with Crippen LogP contribution in [0.4, 0.5) is 5.69 Å². The molecule has 2 aromatic rings. The Morgan fingerprint density at radius 1 is 1.00 bits per heavy atom. The number of carboxylic acid groups (broad SMARTS) is 1. The van der Waals surface area contributed by atoms with Crippen molar-refractivity contribution >= 4 is 17.6 Å². The van der Waals surface area contributed by atoms with E-state index in [-0.39, 0.29) is 18.7 Å². The summed E-state index contributed by atoms with van der Waals surface area (Å²) in [5.41, 5.74) is 1.70. The standard InChI is InChI=1S/C18H19NO4/c20-17(10-5-11-18(21)22)19-15-8-4-9-16(12-15)23-13-14-6-2-1-3-7-14/h1-4,6-9,12H,5,10-11,13H2,(H,19,20)(H,21,22). The minimum atomic E-state index is -0.894. The summed E-state index contributed by atoms with van der Waals surface area (Å²) in [5, 5.41) is 11.3. The average Bonchev–Trinajstić information content (AvgIpc) is 2.54. The molecule has 0 aromatic heterocycles. The highest BCUT2D eigenvalue weighted by Gasteiger charge is 2.05. The summed E-state index contributed by atoms with van der Waals surface area (Å²) < 4.78 is 5.70. The molecule has 0 saturated heterocycles. The number of ether oxygens (including phenoxy) is 1. The van der Waals surface area contributed by atoms with Crippen LogP contribution in [0.1, 0.15) is 24.8 Å². The molecule has 5 heteroatoms. The predicted octanol–water partition coefficient (Wildman–Crippen LogP) is 3.46. The molecular weight excluding hydrogens is 294 g/mol. The highest BCUT2D eigenvalue weighted by atomic mass is 16.5. The largest absolute Gasteiger partial charge is 0.489 e. The Morgan fingerprint density at radius 3 is 2.52 bits per heavy atom. The number of carbonyl (C=O) groups excluding carboxylic acids is 1. The molecular formula is C18H19NO4. The van der Waals surface area contributed by atoms with E-state index in [9.17, 15) is 9.59 Å². The number of nitrogens with one attached hydrogen (secondary N) is 1. The monoisotopic (exact) mass is 313 g/mol. The van der Waals surface area contributed by atoms with E-state index in [1.54, 1.807) is 18.2 Å². The molecule has 2 aromatic carbocycles. The first-order valence-corrected chi connectivity index (χ1v) is 7.42. The normalized spacial score (nSPS) is 10.1. The molecule has 0 spiro atoms. The van der Waals surface area contributed by atoms with Gasteiger partial charge in [-0.25, -0.2) is 0 Å². The van der Waals surface area contributed by atoms with Crippen molar-refractivity contribution in [3.05, 3.63) is 60.2 Å². The van der Waals surface area contributed by atoms with Gasteiger partial charge in [-0.15, -0.1) is 0 Å². The SMILES string of the molecule is O=C(O)CCCC(=O)Nc1cccc(OCc2ccccc2)c1. The average molecular weight is 313 g/mol. The van der Waals surface area contributed by atoms with E-state index >= 15 is 0 Å². The summed E-state index contributed by atoms with van der Waals surface area (Å²) in [6, 6.07) is 16.9. The van der Waals surface area contributed by atoms with Crippen molar-refractivity contribution in [2.45, 2.75) is 25.9 Å².